The summed E-state index contributed by atoms with van der Waals surface area (Å²) in [4.78, 5) is 4.38. The zero-order valence-corrected chi connectivity index (χ0v) is 10.2. The Balaban J connectivity index is 2.65. The molecule has 0 unspecified atom stereocenters. The van der Waals surface area contributed by atoms with Crippen molar-refractivity contribution in [1.29, 1.82) is 0 Å². The quantitative estimate of drug-likeness (QED) is 0.820. The predicted octanol–water partition coefficient (Wildman–Crippen LogP) is 2.33. The fraction of sp³-hybridized carbons (Fsp3) is 0.417. The Kier molecular flexibility index (Phi) is 3.17. The van der Waals surface area contributed by atoms with Crippen molar-refractivity contribution in [3.8, 4) is 11.5 Å². The monoisotopic (exact) mass is 238 g/mol. The van der Waals surface area contributed by atoms with Crippen LogP contribution in [0.3, 0.4) is 0 Å². The summed E-state index contributed by atoms with van der Waals surface area (Å²) in [5.74, 6) is 2.04. The van der Waals surface area contributed by atoms with Gasteiger partial charge in [0.25, 0.3) is 0 Å². The zero-order chi connectivity index (χ0) is 12.4. The third kappa shape index (κ3) is 1.92. The molecule has 0 N–H and O–H groups in total. The molecule has 2 rings (SSSR count). The standard InChI is InChI=1S/C12H15FN2O2/c1-8-14-9-6-11(16-2)12(17-3)7-10(9)15(8)5-4-13/h6-7H,4-5H2,1-3H3. The molecule has 1 aromatic heterocycles. The van der Waals surface area contributed by atoms with E-state index in [1.165, 1.54) is 0 Å². The molecule has 0 saturated carbocycles. The lowest BCUT2D eigenvalue weighted by molar-refractivity contribution is 0.355. The second-order valence-corrected chi connectivity index (χ2v) is 3.70. The van der Waals surface area contributed by atoms with E-state index in [-0.39, 0.29) is 0 Å². The molecule has 0 saturated heterocycles. The van der Waals surface area contributed by atoms with Crippen LogP contribution in [0.1, 0.15) is 5.82 Å². The molecule has 0 bridgehead atoms. The van der Waals surface area contributed by atoms with Gasteiger partial charge in [0.05, 0.1) is 31.8 Å². The number of halogens is 1. The van der Waals surface area contributed by atoms with Crippen LogP contribution in [0.2, 0.25) is 0 Å². The minimum atomic E-state index is -0.416. The summed E-state index contributed by atoms with van der Waals surface area (Å²) in [5.41, 5.74) is 1.64. The molecule has 2 aromatic rings. The van der Waals surface area contributed by atoms with Crippen molar-refractivity contribution in [3.05, 3.63) is 18.0 Å². The minimum Gasteiger partial charge on any atom is -0.493 e. The molecule has 0 spiro atoms. The van der Waals surface area contributed by atoms with Crippen LogP contribution in [0.4, 0.5) is 4.39 Å². The van der Waals surface area contributed by atoms with Gasteiger partial charge < -0.3 is 14.0 Å². The van der Waals surface area contributed by atoms with Crippen molar-refractivity contribution >= 4 is 11.0 Å². The number of rotatable bonds is 4. The van der Waals surface area contributed by atoms with Crippen LogP contribution >= 0.6 is 0 Å². The van der Waals surface area contributed by atoms with E-state index in [4.69, 9.17) is 9.47 Å². The SMILES string of the molecule is COc1cc2nc(C)n(CCF)c2cc1OC. The smallest absolute Gasteiger partial charge is 0.163 e. The number of aryl methyl sites for hydroxylation is 2. The van der Waals surface area contributed by atoms with Crippen LogP contribution in [0.5, 0.6) is 11.5 Å². The second-order valence-electron chi connectivity index (χ2n) is 3.70. The fourth-order valence-corrected chi connectivity index (χ4v) is 1.94. The topological polar surface area (TPSA) is 36.3 Å². The molecular formula is C12H15FN2O2. The summed E-state index contributed by atoms with van der Waals surface area (Å²) in [6.07, 6.45) is 0. The number of ether oxygens (including phenoxy) is 2. The predicted molar refractivity (Wildman–Crippen MR) is 63.5 cm³/mol. The van der Waals surface area contributed by atoms with Gasteiger partial charge in [-0.25, -0.2) is 9.37 Å². The van der Waals surface area contributed by atoms with Gasteiger partial charge in [-0.2, -0.15) is 0 Å². The van der Waals surface area contributed by atoms with Gasteiger partial charge in [0.2, 0.25) is 0 Å². The van der Waals surface area contributed by atoms with Crippen LogP contribution in [-0.2, 0) is 6.54 Å². The first-order chi connectivity index (χ1) is 8.21. The maximum atomic E-state index is 12.5. The maximum absolute atomic E-state index is 12.5. The number of alkyl halides is 1. The molecule has 0 aliphatic carbocycles. The molecule has 4 nitrogen and oxygen atoms in total. The van der Waals surface area contributed by atoms with Gasteiger partial charge in [0.15, 0.2) is 11.5 Å². The minimum absolute atomic E-state index is 0.303. The van der Waals surface area contributed by atoms with Gasteiger partial charge in [-0.3, -0.25) is 0 Å². The lowest BCUT2D eigenvalue weighted by Crippen LogP contribution is -2.02. The average Bonchev–Trinajstić information content (AvgIpc) is 2.64. The number of nitrogens with zero attached hydrogens (tertiary/aromatic N) is 2. The van der Waals surface area contributed by atoms with Gasteiger partial charge in [-0.1, -0.05) is 0 Å². The molecule has 1 aromatic carbocycles. The number of hydrogen-bond donors (Lipinski definition) is 0. The highest BCUT2D eigenvalue weighted by Gasteiger charge is 2.12. The van der Waals surface area contributed by atoms with Gasteiger partial charge in [-0.05, 0) is 6.92 Å². The van der Waals surface area contributed by atoms with E-state index in [0.29, 0.717) is 18.0 Å². The molecule has 1 heterocycles. The van der Waals surface area contributed by atoms with Crippen molar-refractivity contribution in [1.82, 2.24) is 9.55 Å². The summed E-state index contributed by atoms with van der Waals surface area (Å²) in [6.45, 7) is 1.74. The Hall–Kier alpha value is -1.78. The largest absolute Gasteiger partial charge is 0.493 e. The highest BCUT2D eigenvalue weighted by molar-refractivity contribution is 5.80. The van der Waals surface area contributed by atoms with Crippen molar-refractivity contribution in [2.45, 2.75) is 13.5 Å². The molecule has 0 fully saturated rings. The molecule has 92 valence electrons. The number of methoxy groups -OCH3 is 2. The number of fused-ring (bicyclic) bond motifs is 1. The lowest BCUT2D eigenvalue weighted by Gasteiger charge is -2.08. The van der Waals surface area contributed by atoms with Crippen molar-refractivity contribution < 1.29 is 13.9 Å². The molecule has 0 atom stereocenters. The van der Waals surface area contributed by atoms with E-state index >= 15 is 0 Å². The Labute approximate surface area is 99.0 Å². The van der Waals surface area contributed by atoms with Crippen molar-refractivity contribution in [3.63, 3.8) is 0 Å². The Morgan fingerprint density at radius 3 is 2.47 bits per heavy atom. The normalized spacial score (nSPS) is 10.8. The summed E-state index contributed by atoms with van der Waals surface area (Å²) in [7, 11) is 3.15. The number of imidazole rings is 1. The Bertz CT molecular complexity index is 537. The zero-order valence-electron chi connectivity index (χ0n) is 10.2. The van der Waals surface area contributed by atoms with E-state index in [9.17, 15) is 4.39 Å². The first kappa shape index (κ1) is 11.7. The highest BCUT2D eigenvalue weighted by Crippen LogP contribution is 2.32. The second kappa shape index (κ2) is 4.61. The van der Waals surface area contributed by atoms with E-state index in [2.05, 4.69) is 4.98 Å². The Morgan fingerprint density at radius 2 is 1.88 bits per heavy atom. The molecule has 0 radical (unpaired) electrons. The molecule has 0 aliphatic rings. The van der Waals surface area contributed by atoms with Crippen LogP contribution in [0, 0.1) is 6.92 Å². The first-order valence-electron chi connectivity index (χ1n) is 5.36. The van der Waals surface area contributed by atoms with E-state index in [1.54, 1.807) is 20.3 Å². The van der Waals surface area contributed by atoms with Gasteiger partial charge in [-0.15, -0.1) is 0 Å². The molecule has 17 heavy (non-hydrogen) atoms. The van der Waals surface area contributed by atoms with Crippen LogP contribution < -0.4 is 9.47 Å². The third-order valence-corrected chi connectivity index (χ3v) is 2.75. The lowest BCUT2D eigenvalue weighted by atomic mass is 10.2. The van der Waals surface area contributed by atoms with Crippen LogP contribution in [0.15, 0.2) is 12.1 Å². The number of benzene rings is 1. The fourth-order valence-electron chi connectivity index (χ4n) is 1.94. The first-order valence-corrected chi connectivity index (χ1v) is 5.36. The maximum Gasteiger partial charge on any atom is 0.163 e. The van der Waals surface area contributed by atoms with Gasteiger partial charge >= 0.3 is 0 Å². The van der Waals surface area contributed by atoms with E-state index in [1.807, 2.05) is 17.6 Å². The number of hydrogen-bond acceptors (Lipinski definition) is 3. The van der Waals surface area contributed by atoms with Crippen LogP contribution in [-0.4, -0.2) is 30.4 Å². The molecule has 5 heteroatoms. The van der Waals surface area contributed by atoms with Gasteiger partial charge in [0, 0.05) is 12.1 Å². The van der Waals surface area contributed by atoms with Crippen molar-refractivity contribution in [2.24, 2.45) is 0 Å². The van der Waals surface area contributed by atoms with Crippen molar-refractivity contribution in [2.75, 3.05) is 20.9 Å². The average molecular weight is 238 g/mol. The number of aromatic nitrogens is 2. The highest BCUT2D eigenvalue weighted by atomic mass is 19.1. The summed E-state index contributed by atoms with van der Waals surface area (Å²) < 4.78 is 24.8. The summed E-state index contributed by atoms with van der Waals surface area (Å²) >= 11 is 0. The van der Waals surface area contributed by atoms with E-state index in [0.717, 1.165) is 16.9 Å². The van der Waals surface area contributed by atoms with E-state index < -0.39 is 6.67 Å². The third-order valence-electron chi connectivity index (χ3n) is 2.75. The molecular weight excluding hydrogens is 223 g/mol. The molecule has 0 amide bonds. The summed E-state index contributed by atoms with van der Waals surface area (Å²) in [6, 6.07) is 3.62. The van der Waals surface area contributed by atoms with Crippen LogP contribution in [0.25, 0.3) is 11.0 Å². The Morgan fingerprint density at radius 1 is 1.24 bits per heavy atom. The molecule has 0 aliphatic heterocycles. The summed E-state index contributed by atoms with van der Waals surface area (Å²) in [5, 5.41) is 0. The van der Waals surface area contributed by atoms with Gasteiger partial charge in [0.1, 0.15) is 12.5 Å².